The van der Waals surface area contributed by atoms with E-state index < -0.39 is 0 Å². The van der Waals surface area contributed by atoms with Crippen LogP contribution in [0.15, 0.2) is 84.0 Å². The molecule has 0 amide bonds. The smallest absolute Gasteiger partial charge is 0.328 e. The molecule has 2 unspecified atom stereocenters. The average Bonchev–Trinajstić information content (AvgIpc) is 3.67. The molecule has 1 aliphatic rings. The van der Waals surface area contributed by atoms with Crippen LogP contribution in [0.4, 0.5) is 5.69 Å². The lowest BCUT2D eigenvalue weighted by Crippen LogP contribution is -2.13. The number of nitrogens with two attached hydrogens (primary N) is 1. The van der Waals surface area contributed by atoms with Crippen molar-refractivity contribution >= 4 is 17.4 Å². The van der Waals surface area contributed by atoms with Gasteiger partial charge in [0.15, 0.2) is 0 Å². The maximum absolute atomic E-state index is 11.5. The van der Waals surface area contributed by atoms with Gasteiger partial charge in [0, 0.05) is 17.8 Å². The Bertz CT molecular complexity index is 1080. The number of rotatable bonds is 10. The van der Waals surface area contributed by atoms with Crippen LogP contribution >= 0.6 is 0 Å². The van der Waals surface area contributed by atoms with E-state index in [1.807, 2.05) is 78.9 Å². The van der Waals surface area contributed by atoms with Gasteiger partial charge in [-0.2, -0.15) is 5.90 Å². The van der Waals surface area contributed by atoms with Crippen LogP contribution in [0.2, 0.25) is 0 Å². The largest absolute Gasteiger partial charge is 0.487 e. The summed E-state index contributed by atoms with van der Waals surface area (Å²) in [5.41, 5.74) is 4.96. The number of ether oxygens (including phenoxy) is 1. The zero-order valence-electron chi connectivity index (χ0n) is 18.4. The molecule has 3 N–H and O–H groups in total. The summed E-state index contributed by atoms with van der Waals surface area (Å²) in [7, 11) is 1.53. The molecule has 3 aromatic carbocycles. The molecule has 0 saturated heterocycles. The molecule has 1 saturated carbocycles. The lowest BCUT2D eigenvalue weighted by Gasteiger charge is -2.11. The van der Waals surface area contributed by atoms with Crippen molar-refractivity contribution in [1.29, 1.82) is 0 Å². The minimum absolute atomic E-state index is 0.112. The molecule has 0 heterocycles. The monoisotopic (exact) mass is 445 g/mol. The third-order valence-electron chi connectivity index (χ3n) is 5.65. The first-order valence-electron chi connectivity index (χ1n) is 10.8. The van der Waals surface area contributed by atoms with Crippen molar-refractivity contribution in [3.05, 3.63) is 95.6 Å². The van der Waals surface area contributed by atoms with Crippen LogP contribution < -0.4 is 16.0 Å². The van der Waals surface area contributed by atoms with Gasteiger partial charge >= 0.3 is 5.97 Å². The summed E-state index contributed by atoms with van der Waals surface area (Å²) in [6.45, 7) is 0.998. The lowest BCUT2D eigenvalue weighted by atomic mass is 10.1. The molecule has 0 aliphatic heterocycles. The highest BCUT2D eigenvalue weighted by Crippen LogP contribution is 2.48. The molecule has 0 bridgehead atoms. The third kappa shape index (κ3) is 5.90. The minimum atomic E-state index is -0.336. The van der Waals surface area contributed by atoms with E-state index in [1.54, 1.807) is 0 Å². The van der Waals surface area contributed by atoms with Crippen molar-refractivity contribution in [2.24, 2.45) is 17.0 Å². The van der Waals surface area contributed by atoms with Gasteiger partial charge in [-0.05, 0) is 47.7 Å². The number of nitrogens with zero attached hydrogens (tertiary/aromatic N) is 1. The predicted molar refractivity (Wildman–Crippen MR) is 127 cm³/mol. The van der Waals surface area contributed by atoms with Crippen molar-refractivity contribution < 1.29 is 19.2 Å². The number of anilines is 1. The number of hydrogen-bond donors (Lipinski definition) is 2. The topological polar surface area (TPSA) is 95.2 Å². The van der Waals surface area contributed by atoms with Crippen molar-refractivity contribution in [2.75, 3.05) is 19.0 Å². The van der Waals surface area contributed by atoms with Crippen molar-refractivity contribution in [1.82, 2.24) is 0 Å². The molecule has 0 spiro atoms. The second-order valence-electron chi connectivity index (χ2n) is 7.88. The summed E-state index contributed by atoms with van der Waals surface area (Å²) in [6.07, 6.45) is 0.793. The molecule has 2 atom stereocenters. The fraction of sp³-hybridized carbons (Fsp3) is 0.231. The normalized spacial score (nSPS) is 17.2. The number of hydrogen-bond acceptors (Lipinski definition) is 7. The molecule has 4 rings (SSSR count). The molecule has 7 heteroatoms. The Morgan fingerprint density at radius 2 is 1.76 bits per heavy atom. The van der Waals surface area contributed by atoms with Crippen LogP contribution in [0.3, 0.4) is 0 Å². The standard InChI is InChI=1S/C26H27N3O4/c1-31-29-25(20-5-3-2-4-6-20)17-32-22-13-7-18(8-14-22)16-28-21-11-9-19(10-12-21)23-15-24(23)26(30)33-27/h2-14,23-24,28H,15-17,27H2,1H3/b29-25-. The minimum Gasteiger partial charge on any atom is -0.487 e. The first kappa shape index (κ1) is 22.4. The van der Waals surface area contributed by atoms with E-state index in [0.29, 0.717) is 13.2 Å². The zero-order valence-corrected chi connectivity index (χ0v) is 18.4. The van der Waals surface area contributed by atoms with Gasteiger partial charge in [-0.25, -0.2) is 0 Å². The molecule has 3 aromatic rings. The summed E-state index contributed by atoms with van der Waals surface area (Å²) >= 11 is 0. The van der Waals surface area contributed by atoms with Crippen LogP contribution in [0.5, 0.6) is 5.75 Å². The SMILES string of the molecule is CO/N=C(/COc1ccc(CNc2ccc(C3CC3C(=O)ON)cc2)cc1)c1ccccc1. The molecule has 33 heavy (non-hydrogen) atoms. The summed E-state index contributed by atoms with van der Waals surface area (Å²) in [5, 5.41) is 7.49. The number of carbonyl (C=O) groups excluding carboxylic acids is 1. The Balaban J connectivity index is 1.27. The summed E-state index contributed by atoms with van der Waals surface area (Å²) < 4.78 is 5.90. The number of nitrogens with one attached hydrogen (secondary N) is 1. The summed E-state index contributed by atoms with van der Waals surface area (Å²) in [4.78, 5) is 20.8. The third-order valence-corrected chi connectivity index (χ3v) is 5.65. The number of benzene rings is 3. The second-order valence-corrected chi connectivity index (χ2v) is 7.88. The maximum atomic E-state index is 11.5. The van der Waals surface area contributed by atoms with Gasteiger partial charge in [-0.15, -0.1) is 0 Å². The van der Waals surface area contributed by atoms with E-state index in [0.717, 1.165) is 40.3 Å². The number of carbonyl (C=O) groups is 1. The van der Waals surface area contributed by atoms with E-state index in [4.69, 9.17) is 15.5 Å². The highest BCUT2D eigenvalue weighted by molar-refractivity contribution is 6.01. The van der Waals surface area contributed by atoms with Crippen molar-refractivity contribution in [2.45, 2.75) is 18.9 Å². The van der Waals surface area contributed by atoms with E-state index >= 15 is 0 Å². The van der Waals surface area contributed by atoms with Crippen LogP contribution in [0, 0.1) is 5.92 Å². The fourth-order valence-electron chi connectivity index (χ4n) is 3.72. The van der Waals surface area contributed by atoms with Gasteiger partial charge in [0.05, 0.1) is 5.92 Å². The first-order valence-corrected chi connectivity index (χ1v) is 10.8. The highest BCUT2D eigenvalue weighted by atomic mass is 16.7. The van der Waals surface area contributed by atoms with Crippen LogP contribution in [-0.2, 0) is 21.0 Å². The Labute approximate surface area is 193 Å². The second kappa shape index (κ2) is 10.7. The summed E-state index contributed by atoms with van der Waals surface area (Å²) in [5.74, 6) is 5.49. The highest BCUT2D eigenvalue weighted by Gasteiger charge is 2.45. The maximum Gasteiger partial charge on any atom is 0.328 e. The van der Waals surface area contributed by atoms with E-state index in [2.05, 4.69) is 15.3 Å². The molecule has 0 radical (unpaired) electrons. The first-order chi connectivity index (χ1) is 16.2. The van der Waals surface area contributed by atoms with Gasteiger partial charge in [0.1, 0.15) is 25.2 Å². The Morgan fingerprint density at radius 3 is 2.42 bits per heavy atom. The molecular weight excluding hydrogens is 418 g/mol. The van der Waals surface area contributed by atoms with Crippen LogP contribution in [0.1, 0.15) is 29.0 Å². The van der Waals surface area contributed by atoms with E-state index in [1.165, 1.54) is 7.11 Å². The molecule has 1 fully saturated rings. The zero-order chi connectivity index (χ0) is 23.0. The van der Waals surface area contributed by atoms with Gasteiger partial charge < -0.3 is 19.7 Å². The Kier molecular flexibility index (Phi) is 7.22. The molecular formula is C26H27N3O4. The van der Waals surface area contributed by atoms with Gasteiger partial charge in [-0.1, -0.05) is 59.8 Å². The van der Waals surface area contributed by atoms with Crippen molar-refractivity contribution in [3.63, 3.8) is 0 Å². The van der Waals surface area contributed by atoms with Gasteiger partial charge in [-0.3, -0.25) is 4.79 Å². The van der Waals surface area contributed by atoms with E-state index in [9.17, 15) is 4.79 Å². The quantitative estimate of drug-likeness (QED) is 0.358. The number of oxime groups is 1. The van der Waals surface area contributed by atoms with E-state index in [-0.39, 0.29) is 17.8 Å². The fourth-order valence-corrected chi connectivity index (χ4v) is 3.72. The lowest BCUT2D eigenvalue weighted by molar-refractivity contribution is -0.145. The molecule has 0 aromatic heterocycles. The Hall–Kier alpha value is -3.84. The van der Waals surface area contributed by atoms with Gasteiger partial charge in [0.2, 0.25) is 0 Å². The average molecular weight is 446 g/mol. The molecule has 170 valence electrons. The Morgan fingerprint density at radius 1 is 1.03 bits per heavy atom. The molecule has 7 nitrogen and oxygen atoms in total. The van der Waals surface area contributed by atoms with Gasteiger partial charge in [0.25, 0.3) is 0 Å². The predicted octanol–water partition coefficient (Wildman–Crippen LogP) is 4.25. The van der Waals surface area contributed by atoms with Crippen LogP contribution in [-0.4, -0.2) is 25.4 Å². The van der Waals surface area contributed by atoms with Crippen molar-refractivity contribution in [3.8, 4) is 5.75 Å². The van der Waals surface area contributed by atoms with Crippen LogP contribution in [0.25, 0.3) is 0 Å². The molecule has 1 aliphatic carbocycles. The summed E-state index contributed by atoms with van der Waals surface area (Å²) in [6, 6.07) is 25.9.